The molecule has 0 aliphatic rings. The van der Waals surface area contributed by atoms with E-state index in [1.54, 1.807) is 0 Å². The van der Waals surface area contributed by atoms with Gasteiger partial charge in [0.2, 0.25) is 0 Å². The molecule has 0 amide bonds. The van der Waals surface area contributed by atoms with Gasteiger partial charge in [-0.3, -0.25) is 0 Å². The van der Waals surface area contributed by atoms with Gasteiger partial charge in [-0.25, -0.2) is 13.8 Å². The van der Waals surface area contributed by atoms with Crippen molar-refractivity contribution >= 4 is 11.0 Å². The molecule has 3 nitrogen and oxygen atoms in total. The lowest BCUT2D eigenvalue weighted by molar-refractivity contribution is 0.575. The van der Waals surface area contributed by atoms with Crippen molar-refractivity contribution < 1.29 is 8.78 Å². The minimum Gasteiger partial charge on any atom is -0.330 e. The second-order valence-electron chi connectivity index (χ2n) is 4.88. The van der Waals surface area contributed by atoms with Crippen LogP contribution in [0.4, 0.5) is 8.78 Å². The van der Waals surface area contributed by atoms with Crippen molar-refractivity contribution in [3.05, 3.63) is 65.5 Å². The van der Waals surface area contributed by atoms with Crippen molar-refractivity contribution in [1.82, 2.24) is 9.55 Å². The van der Waals surface area contributed by atoms with E-state index >= 15 is 0 Å². The molecule has 0 aliphatic heterocycles. The number of hydrogen-bond acceptors (Lipinski definition) is 2. The summed E-state index contributed by atoms with van der Waals surface area (Å²) in [5.41, 5.74) is 7.64. The molecule has 0 fully saturated rings. The van der Waals surface area contributed by atoms with Crippen LogP contribution in [0.3, 0.4) is 0 Å². The monoisotopic (exact) mass is 287 g/mol. The van der Waals surface area contributed by atoms with Gasteiger partial charge >= 0.3 is 0 Å². The van der Waals surface area contributed by atoms with E-state index in [0.29, 0.717) is 18.5 Å². The normalized spacial score (nSPS) is 11.2. The Morgan fingerprint density at radius 1 is 1.10 bits per heavy atom. The summed E-state index contributed by atoms with van der Waals surface area (Å²) in [5.74, 6) is -0.0913. The molecular weight excluding hydrogens is 272 g/mol. The van der Waals surface area contributed by atoms with Crippen molar-refractivity contribution in [1.29, 1.82) is 0 Å². The maximum atomic E-state index is 13.9. The summed E-state index contributed by atoms with van der Waals surface area (Å²) < 4.78 is 29.1. The highest BCUT2D eigenvalue weighted by molar-refractivity contribution is 5.76. The molecule has 3 rings (SSSR count). The van der Waals surface area contributed by atoms with Gasteiger partial charge in [0.15, 0.2) is 0 Å². The first-order valence-electron chi connectivity index (χ1n) is 6.77. The number of aromatic nitrogens is 2. The molecule has 0 saturated carbocycles. The van der Waals surface area contributed by atoms with Gasteiger partial charge < -0.3 is 10.3 Å². The Morgan fingerprint density at radius 3 is 2.71 bits per heavy atom. The predicted molar refractivity (Wildman–Crippen MR) is 78.0 cm³/mol. The number of rotatable bonds is 4. The Kier molecular flexibility index (Phi) is 3.66. The van der Waals surface area contributed by atoms with Gasteiger partial charge in [0, 0.05) is 12.0 Å². The molecule has 1 aromatic heterocycles. The van der Waals surface area contributed by atoms with Crippen LogP contribution in [-0.4, -0.2) is 16.1 Å². The summed E-state index contributed by atoms with van der Waals surface area (Å²) in [6.45, 7) is 0.689. The molecular formula is C16H15F2N3. The van der Waals surface area contributed by atoms with Gasteiger partial charge in [0.05, 0.1) is 17.6 Å². The highest BCUT2D eigenvalue weighted by Crippen LogP contribution is 2.20. The third kappa shape index (κ3) is 2.64. The molecule has 21 heavy (non-hydrogen) atoms. The van der Waals surface area contributed by atoms with Gasteiger partial charge in [0.25, 0.3) is 0 Å². The lowest BCUT2D eigenvalue weighted by atomic mass is 10.2. The van der Waals surface area contributed by atoms with Crippen LogP contribution in [0.25, 0.3) is 11.0 Å². The number of benzene rings is 2. The maximum Gasteiger partial charge on any atom is 0.128 e. The summed E-state index contributed by atoms with van der Waals surface area (Å²) in [7, 11) is 0. The first kappa shape index (κ1) is 13.7. The van der Waals surface area contributed by atoms with Crippen LogP contribution in [-0.2, 0) is 13.0 Å². The van der Waals surface area contributed by atoms with Crippen LogP contribution in [0.5, 0.6) is 0 Å². The van der Waals surface area contributed by atoms with Gasteiger partial charge in [0.1, 0.15) is 17.5 Å². The summed E-state index contributed by atoms with van der Waals surface area (Å²) in [5, 5.41) is 0. The molecule has 1 heterocycles. The van der Waals surface area contributed by atoms with E-state index < -0.39 is 11.6 Å². The SMILES string of the molecule is NCCc1nc2ccccc2n1Cc1cc(F)ccc1F. The van der Waals surface area contributed by atoms with Crippen LogP contribution in [0.2, 0.25) is 0 Å². The first-order valence-corrected chi connectivity index (χ1v) is 6.77. The summed E-state index contributed by atoms with van der Waals surface area (Å²) in [4.78, 5) is 4.52. The number of nitrogens with zero attached hydrogens (tertiary/aromatic N) is 2. The zero-order chi connectivity index (χ0) is 14.8. The fourth-order valence-corrected chi connectivity index (χ4v) is 2.46. The Hall–Kier alpha value is -2.27. The largest absolute Gasteiger partial charge is 0.330 e. The minimum absolute atomic E-state index is 0.236. The lowest BCUT2D eigenvalue weighted by Crippen LogP contribution is -2.11. The van der Waals surface area contributed by atoms with Crippen LogP contribution in [0, 0.1) is 11.6 Å². The molecule has 0 aliphatic carbocycles. The van der Waals surface area contributed by atoms with E-state index in [1.165, 1.54) is 6.07 Å². The summed E-state index contributed by atoms with van der Waals surface area (Å²) in [6.07, 6.45) is 0.589. The van der Waals surface area contributed by atoms with Crippen molar-refractivity contribution in [3.8, 4) is 0 Å². The molecule has 108 valence electrons. The number of hydrogen-bond donors (Lipinski definition) is 1. The maximum absolute atomic E-state index is 13.9. The van der Waals surface area contributed by atoms with Gasteiger partial charge in [-0.15, -0.1) is 0 Å². The van der Waals surface area contributed by atoms with Crippen molar-refractivity contribution in [2.24, 2.45) is 5.73 Å². The van der Waals surface area contributed by atoms with Crippen molar-refractivity contribution in [2.75, 3.05) is 6.54 Å². The molecule has 0 atom stereocenters. The van der Waals surface area contributed by atoms with Crippen molar-refractivity contribution in [3.63, 3.8) is 0 Å². The second-order valence-corrected chi connectivity index (χ2v) is 4.88. The third-order valence-corrected chi connectivity index (χ3v) is 3.44. The first-order chi connectivity index (χ1) is 10.2. The van der Waals surface area contributed by atoms with Crippen LogP contribution < -0.4 is 5.73 Å². The van der Waals surface area contributed by atoms with Gasteiger partial charge in [-0.05, 0) is 36.9 Å². The molecule has 3 aromatic rings. The summed E-state index contributed by atoms with van der Waals surface area (Å²) in [6, 6.07) is 11.1. The van der Waals surface area contributed by atoms with Crippen LogP contribution >= 0.6 is 0 Å². The summed E-state index contributed by atoms with van der Waals surface area (Å²) >= 11 is 0. The zero-order valence-corrected chi connectivity index (χ0v) is 11.4. The van der Waals surface area contributed by atoms with Crippen molar-refractivity contribution in [2.45, 2.75) is 13.0 Å². The quantitative estimate of drug-likeness (QED) is 0.802. The number of halogens is 2. The van der Waals surface area contributed by atoms with E-state index in [2.05, 4.69) is 4.98 Å². The second kappa shape index (κ2) is 5.61. The van der Waals surface area contributed by atoms with E-state index in [9.17, 15) is 8.78 Å². The molecule has 0 unspecified atom stereocenters. The van der Waals surface area contributed by atoms with Crippen LogP contribution in [0.1, 0.15) is 11.4 Å². The smallest absolute Gasteiger partial charge is 0.128 e. The number of para-hydroxylation sites is 2. The highest BCUT2D eigenvalue weighted by atomic mass is 19.1. The number of nitrogens with two attached hydrogens (primary N) is 1. The Labute approximate surface area is 121 Å². The van der Waals surface area contributed by atoms with Crippen LogP contribution in [0.15, 0.2) is 42.5 Å². The molecule has 0 radical (unpaired) electrons. The average molecular weight is 287 g/mol. The Morgan fingerprint density at radius 2 is 1.90 bits per heavy atom. The van der Waals surface area contributed by atoms with E-state index in [-0.39, 0.29) is 6.54 Å². The van der Waals surface area contributed by atoms with Gasteiger partial charge in [-0.1, -0.05) is 12.1 Å². The zero-order valence-electron chi connectivity index (χ0n) is 11.4. The molecule has 0 saturated heterocycles. The fourth-order valence-electron chi connectivity index (χ4n) is 2.46. The molecule has 2 aromatic carbocycles. The fraction of sp³-hybridized carbons (Fsp3) is 0.188. The molecule has 2 N–H and O–H groups in total. The standard InChI is InChI=1S/C16H15F2N3/c17-12-5-6-13(18)11(9-12)10-21-15-4-2-1-3-14(15)20-16(21)7-8-19/h1-6,9H,7-8,10,19H2. The minimum atomic E-state index is -0.448. The lowest BCUT2D eigenvalue weighted by Gasteiger charge is -2.10. The van der Waals surface area contributed by atoms with E-state index in [1.807, 2.05) is 28.8 Å². The van der Waals surface area contributed by atoms with E-state index in [4.69, 9.17) is 5.73 Å². The van der Waals surface area contributed by atoms with Gasteiger partial charge in [-0.2, -0.15) is 0 Å². The Bertz CT molecular complexity index is 780. The Balaban J connectivity index is 2.10. The molecule has 0 bridgehead atoms. The average Bonchev–Trinajstić information content (AvgIpc) is 2.81. The molecule has 0 spiro atoms. The topological polar surface area (TPSA) is 43.8 Å². The third-order valence-electron chi connectivity index (χ3n) is 3.44. The number of imidazole rings is 1. The molecule has 5 heteroatoms. The predicted octanol–water partition coefficient (Wildman–Crippen LogP) is 2.86. The highest BCUT2D eigenvalue weighted by Gasteiger charge is 2.12. The van der Waals surface area contributed by atoms with E-state index in [0.717, 1.165) is 29.0 Å². The number of fused-ring (bicyclic) bond motifs is 1.